The number of nitrogens with one attached hydrogen (secondary N) is 1. The molecule has 0 aliphatic heterocycles. The average molecular weight is 322 g/mol. The molecule has 0 bridgehead atoms. The van der Waals surface area contributed by atoms with E-state index >= 15 is 0 Å². The van der Waals surface area contributed by atoms with E-state index < -0.39 is 6.10 Å². The molecule has 0 unspecified atom stereocenters. The molecule has 0 radical (unpaired) electrons. The lowest BCUT2D eigenvalue weighted by atomic mass is 10.1. The number of rotatable bonds is 6. The summed E-state index contributed by atoms with van der Waals surface area (Å²) in [7, 11) is 0. The molecule has 5 heteroatoms. The topological polar surface area (TPSA) is 64.4 Å². The number of furan rings is 1. The zero-order valence-corrected chi connectivity index (χ0v) is 13.3. The Morgan fingerprint density at radius 1 is 1.21 bits per heavy atom. The minimum absolute atomic E-state index is 0.178. The minimum Gasteiger partial charge on any atom is -0.481 e. The van der Waals surface area contributed by atoms with Gasteiger partial charge in [-0.05, 0) is 42.8 Å². The van der Waals surface area contributed by atoms with Crippen LogP contribution < -0.4 is 10.1 Å². The van der Waals surface area contributed by atoms with Crippen molar-refractivity contribution in [3.8, 4) is 17.1 Å². The van der Waals surface area contributed by atoms with E-state index in [9.17, 15) is 4.79 Å². The van der Waals surface area contributed by atoms with E-state index in [1.807, 2.05) is 48.5 Å². The fourth-order valence-corrected chi connectivity index (χ4v) is 2.25. The molecule has 122 valence electrons. The van der Waals surface area contributed by atoms with E-state index in [2.05, 4.69) is 10.3 Å². The number of amides is 1. The molecule has 0 aliphatic rings. The van der Waals surface area contributed by atoms with Gasteiger partial charge in [0.25, 0.3) is 5.91 Å². The average Bonchev–Trinajstić information content (AvgIpc) is 3.15. The van der Waals surface area contributed by atoms with Gasteiger partial charge in [0.2, 0.25) is 0 Å². The van der Waals surface area contributed by atoms with Gasteiger partial charge >= 0.3 is 0 Å². The molecule has 0 aliphatic carbocycles. The van der Waals surface area contributed by atoms with Crippen LogP contribution in [0.25, 0.3) is 11.3 Å². The van der Waals surface area contributed by atoms with Crippen LogP contribution in [0, 0.1) is 0 Å². The van der Waals surface area contributed by atoms with Crippen molar-refractivity contribution in [3.05, 3.63) is 72.8 Å². The van der Waals surface area contributed by atoms with Crippen molar-refractivity contribution in [2.45, 2.75) is 19.6 Å². The zero-order valence-electron chi connectivity index (χ0n) is 13.3. The quantitative estimate of drug-likeness (QED) is 0.755. The van der Waals surface area contributed by atoms with Gasteiger partial charge in [0.1, 0.15) is 11.5 Å². The van der Waals surface area contributed by atoms with Crippen LogP contribution in [0.4, 0.5) is 0 Å². The summed E-state index contributed by atoms with van der Waals surface area (Å²) >= 11 is 0. The normalized spacial score (nSPS) is 11.7. The monoisotopic (exact) mass is 322 g/mol. The fourth-order valence-electron chi connectivity index (χ4n) is 2.25. The molecular weight excluding hydrogens is 304 g/mol. The second-order valence-corrected chi connectivity index (χ2v) is 5.35. The SMILES string of the molecule is C[C@H](Oc1ccccc1)C(=O)NCc1cncc(-c2ccco2)c1. The zero-order chi connectivity index (χ0) is 16.8. The number of aromatic nitrogens is 1. The summed E-state index contributed by atoms with van der Waals surface area (Å²) in [6.07, 6.45) is 4.49. The predicted octanol–water partition coefficient (Wildman–Crippen LogP) is 3.43. The van der Waals surface area contributed by atoms with E-state index in [-0.39, 0.29) is 5.91 Å². The molecule has 0 fully saturated rings. The van der Waals surface area contributed by atoms with Gasteiger partial charge in [0, 0.05) is 24.5 Å². The number of carbonyl (C=O) groups is 1. The van der Waals surface area contributed by atoms with Crippen molar-refractivity contribution in [2.75, 3.05) is 0 Å². The molecule has 0 spiro atoms. The van der Waals surface area contributed by atoms with E-state index in [4.69, 9.17) is 9.15 Å². The van der Waals surface area contributed by atoms with Gasteiger partial charge in [-0.15, -0.1) is 0 Å². The van der Waals surface area contributed by atoms with Crippen LogP contribution in [0.3, 0.4) is 0 Å². The molecule has 1 atom stereocenters. The number of benzene rings is 1. The van der Waals surface area contributed by atoms with E-state index in [1.165, 1.54) is 0 Å². The van der Waals surface area contributed by atoms with Crippen LogP contribution in [0.2, 0.25) is 0 Å². The first-order chi connectivity index (χ1) is 11.7. The fraction of sp³-hybridized carbons (Fsp3) is 0.158. The summed E-state index contributed by atoms with van der Waals surface area (Å²) in [6, 6.07) is 14.9. The van der Waals surface area contributed by atoms with E-state index in [1.54, 1.807) is 25.6 Å². The lowest BCUT2D eigenvalue weighted by molar-refractivity contribution is -0.127. The number of hydrogen-bond donors (Lipinski definition) is 1. The second kappa shape index (κ2) is 7.46. The molecule has 24 heavy (non-hydrogen) atoms. The molecule has 1 N–H and O–H groups in total. The first-order valence-electron chi connectivity index (χ1n) is 7.69. The molecule has 1 aromatic carbocycles. The molecule has 5 nitrogen and oxygen atoms in total. The minimum atomic E-state index is -0.575. The number of hydrogen-bond acceptors (Lipinski definition) is 4. The van der Waals surface area contributed by atoms with Gasteiger partial charge in [-0.25, -0.2) is 0 Å². The van der Waals surface area contributed by atoms with Gasteiger partial charge in [-0.2, -0.15) is 0 Å². The summed E-state index contributed by atoms with van der Waals surface area (Å²) in [6.45, 7) is 2.10. The van der Waals surface area contributed by atoms with Crippen LogP contribution >= 0.6 is 0 Å². The van der Waals surface area contributed by atoms with Gasteiger partial charge < -0.3 is 14.5 Å². The third kappa shape index (κ3) is 4.01. The summed E-state index contributed by atoms with van der Waals surface area (Å²) in [5.41, 5.74) is 1.77. The van der Waals surface area contributed by atoms with Gasteiger partial charge in [0.15, 0.2) is 6.10 Å². The summed E-state index contributed by atoms with van der Waals surface area (Å²) in [4.78, 5) is 16.3. The molecule has 3 aromatic rings. The number of carbonyl (C=O) groups excluding carboxylic acids is 1. The van der Waals surface area contributed by atoms with Crippen molar-refractivity contribution in [2.24, 2.45) is 0 Å². The van der Waals surface area contributed by atoms with Crippen molar-refractivity contribution in [3.63, 3.8) is 0 Å². The molecule has 3 rings (SSSR count). The standard InChI is InChI=1S/C19H18N2O3/c1-14(24-17-6-3-2-4-7-17)19(22)21-12-15-10-16(13-20-11-15)18-8-5-9-23-18/h2-11,13-14H,12H2,1H3,(H,21,22)/t14-/m0/s1. The highest BCUT2D eigenvalue weighted by Crippen LogP contribution is 2.19. The lowest BCUT2D eigenvalue weighted by Gasteiger charge is -2.14. The first-order valence-corrected chi connectivity index (χ1v) is 7.69. The first kappa shape index (κ1) is 15.8. The Bertz CT molecular complexity index is 785. The van der Waals surface area contributed by atoms with Crippen molar-refractivity contribution >= 4 is 5.91 Å². The van der Waals surface area contributed by atoms with Gasteiger partial charge in [-0.1, -0.05) is 18.2 Å². The van der Waals surface area contributed by atoms with Gasteiger partial charge in [-0.3, -0.25) is 9.78 Å². The van der Waals surface area contributed by atoms with Crippen molar-refractivity contribution in [1.29, 1.82) is 0 Å². The third-order valence-electron chi connectivity index (χ3n) is 3.49. The highest BCUT2D eigenvalue weighted by atomic mass is 16.5. The molecule has 1 amide bonds. The Morgan fingerprint density at radius 2 is 2.04 bits per heavy atom. The lowest BCUT2D eigenvalue weighted by Crippen LogP contribution is -2.35. The number of pyridine rings is 1. The summed E-state index contributed by atoms with van der Waals surface area (Å²) in [5, 5.41) is 2.86. The summed E-state index contributed by atoms with van der Waals surface area (Å²) < 4.78 is 11.0. The Labute approximate surface area is 140 Å². The molecule has 0 saturated heterocycles. The van der Waals surface area contributed by atoms with Crippen LogP contribution in [0.1, 0.15) is 12.5 Å². The van der Waals surface area contributed by atoms with Gasteiger partial charge in [0.05, 0.1) is 6.26 Å². The van der Waals surface area contributed by atoms with Crippen LogP contribution in [0.5, 0.6) is 5.75 Å². The number of nitrogens with zero attached hydrogens (tertiary/aromatic N) is 1. The molecule has 2 aromatic heterocycles. The maximum absolute atomic E-state index is 12.2. The third-order valence-corrected chi connectivity index (χ3v) is 3.49. The Hall–Kier alpha value is -3.08. The Morgan fingerprint density at radius 3 is 2.79 bits per heavy atom. The highest BCUT2D eigenvalue weighted by molar-refractivity contribution is 5.80. The van der Waals surface area contributed by atoms with Crippen LogP contribution in [0.15, 0.2) is 71.6 Å². The number of ether oxygens (including phenoxy) is 1. The van der Waals surface area contributed by atoms with Crippen molar-refractivity contribution < 1.29 is 13.9 Å². The predicted molar refractivity (Wildman–Crippen MR) is 90.3 cm³/mol. The van der Waals surface area contributed by atoms with E-state index in [0.29, 0.717) is 12.3 Å². The Balaban J connectivity index is 1.57. The van der Waals surface area contributed by atoms with E-state index in [0.717, 1.165) is 16.9 Å². The maximum atomic E-state index is 12.2. The molecule has 0 saturated carbocycles. The highest BCUT2D eigenvalue weighted by Gasteiger charge is 2.14. The van der Waals surface area contributed by atoms with Crippen molar-refractivity contribution in [1.82, 2.24) is 10.3 Å². The smallest absolute Gasteiger partial charge is 0.261 e. The van der Waals surface area contributed by atoms with Crippen LogP contribution in [-0.4, -0.2) is 17.0 Å². The molecule has 2 heterocycles. The van der Waals surface area contributed by atoms with Crippen LogP contribution in [-0.2, 0) is 11.3 Å². The second-order valence-electron chi connectivity index (χ2n) is 5.35. The Kier molecular flexibility index (Phi) is 4.91. The molecular formula is C19H18N2O3. The largest absolute Gasteiger partial charge is 0.481 e. The number of para-hydroxylation sites is 1. The maximum Gasteiger partial charge on any atom is 0.261 e. The summed E-state index contributed by atoms with van der Waals surface area (Å²) in [5.74, 6) is 1.24.